The lowest BCUT2D eigenvalue weighted by molar-refractivity contribution is 0.0945. The van der Waals surface area contributed by atoms with Crippen LogP contribution in [0.2, 0.25) is 0 Å². The molecule has 0 unspecified atom stereocenters. The van der Waals surface area contributed by atoms with Crippen LogP contribution in [-0.4, -0.2) is 33.9 Å². The van der Waals surface area contributed by atoms with Crippen LogP contribution in [0.25, 0.3) is 0 Å². The van der Waals surface area contributed by atoms with Gasteiger partial charge in [-0.3, -0.25) is 9.78 Å². The Hall–Kier alpha value is -2.50. The minimum absolute atomic E-state index is 0.215. The molecule has 1 N–H and O–H groups in total. The largest absolute Gasteiger partial charge is 0.357 e. The number of rotatable bonds is 4. The number of amides is 1. The summed E-state index contributed by atoms with van der Waals surface area (Å²) in [5, 5.41) is 2.80. The highest BCUT2D eigenvalue weighted by molar-refractivity contribution is 5.92. The van der Waals surface area contributed by atoms with Crippen molar-refractivity contribution < 1.29 is 4.79 Å². The Labute approximate surface area is 129 Å². The lowest BCUT2D eigenvalue weighted by Gasteiger charge is -2.27. The Kier molecular flexibility index (Phi) is 4.58. The van der Waals surface area contributed by atoms with Gasteiger partial charge in [0.15, 0.2) is 0 Å². The van der Waals surface area contributed by atoms with Gasteiger partial charge in [-0.05, 0) is 37.5 Å². The summed E-state index contributed by atoms with van der Waals surface area (Å²) in [7, 11) is 0. The Morgan fingerprint density at radius 3 is 2.73 bits per heavy atom. The fraction of sp³-hybridized carbons (Fsp3) is 0.375. The van der Waals surface area contributed by atoms with Crippen molar-refractivity contribution >= 4 is 11.7 Å². The van der Waals surface area contributed by atoms with Crippen LogP contribution < -0.4 is 10.2 Å². The highest BCUT2D eigenvalue weighted by atomic mass is 16.1. The van der Waals surface area contributed by atoms with E-state index in [0.29, 0.717) is 18.1 Å². The van der Waals surface area contributed by atoms with Gasteiger partial charge in [-0.25, -0.2) is 9.97 Å². The van der Waals surface area contributed by atoms with Crippen LogP contribution in [0.3, 0.4) is 0 Å². The van der Waals surface area contributed by atoms with Crippen LogP contribution in [0, 0.1) is 0 Å². The van der Waals surface area contributed by atoms with Crippen LogP contribution in [0.15, 0.2) is 36.7 Å². The molecule has 0 aromatic carbocycles. The lowest BCUT2D eigenvalue weighted by Crippen LogP contribution is -2.31. The third kappa shape index (κ3) is 3.58. The maximum atomic E-state index is 12.0. The predicted octanol–water partition coefficient (Wildman–Crippen LogP) is 1.79. The lowest BCUT2D eigenvalue weighted by atomic mass is 10.1. The zero-order chi connectivity index (χ0) is 15.2. The molecular weight excluding hydrogens is 278 g/mol. The van der Waals surface area contributed by atoms with Gasteiger partial charge in [0.2, 0.25) is 0 Å². The summed E-state index contributed by atoms with van der Waals surface area (Å²) in [6.07, 6.45) is 7.04. The normalized spacial score (nSPS) is 14.6. The van der Waals surface area contributed by atoms with Crippen molar-refractivity contribution in [3.8, 4) is 0 Å². The molecule has 3 rings (SSSR count). The van der Waals surface area contributed by atoms with Gasteiger partial charge in [0.1, 0.15) is 17.3 Å². The van der Waals surface area contributed by atoms with Gasteiger partial charge in [0, 0.05) is 25.5 Å². The summed E-state index contributed by atoms with van der Waals surface area (Å²) in [6.45, 7) is 2.38. The zero-order valence-electron chi connectivity index (χ0n) is 12.4. The number of carbonyl (C=O) groups excluding carboxylic acids is 1. The van der Waals surface area contributed by atoms with Gasteiger partial charge in [-0.15, -0.1) is 0 Å². The van der Waals surface area contributed by atoms with Gasteiger partial charge >= 0.3 is 0 Å². The molecule has 1 fully saturated rings. The molecule has 6 nitrogen and oxygen atoms in total. The van der Waals surface area contributed by atoms with E-state index in [-0.39, 0.29) is 5.91 Å². The molecule has 3 heterocycles. The molecule has 6 heteroatoms. The highest BCUT2D eigenvalue weighted by Crippen LogP contribution is 2.16. The van der Waals surface area contributed by atoms with Crippen LogP contribution in [0.5, 0.6) is 0 Å². The molecule has 2 aromatic heterocycles. The van der Waals surface area contributed by atoms with Crippen LogP contribution in [0.4, 0.5) is 5.82 Å². The molecule has 0 bridgehead atoms. The van der Waals surface area contributed by atoms with E-state index in [1.807, 2.05) is 6.07 Å². The van der Waals surface area contributed by atoms with Crippen molar-refractivity contribution in [3.05, 3.63) is 48.2 Å². The number of nitrogens with zero attached hydrogens (tertiary/aromatic N) is 4. The molecule has 22 heavy (non-hydrogen) atoms. The number of hydrogen-bond donors (Lipinski definition) is 1. The minimum atomic E-state index is -0.215. The van der Waals surface area contributed by atoms with E-state index in [9.17, 15) is 4.79 Å². The molecule has 2 aromatic rings. The predicted molar refractivity (Wildman–Crippen MR) is 83.5 cm³/mol. The molecule has 1 saturated heterocycles. The maximum Gasteiger partial charge on any atom is 0.270 e. The molecule has 114 valence electrons. The van der Waals surface area contributed by atoms with Crippen LogP contribution in [-0.2, 0) is 6.54 Å². The topological polar surface area (TPSA) is 71.0 Å². The van der Waals surface area contributed by atoms with E-state index in [0.717, 1.165) is 18.9 Å². The minimum Gasteiger partial charge on any atom is -0.357 e. The number of anilines is 1. The second-order valence-electron chi connectivity index (χ2n) is 5.28. The third-order valence-corrected chi connectivity index (χ3v) is 3.68. The fourth-order valence-electron chi connectivity index (χ4n) is 2.52. The molecule has 0 saturated carbocycles. The molecule has 0 atom stereocenters. The average Bonchev–Trinajstić information content (AvgIpc) is 2.61. The molecule has 1 amide bonds. The van der Waals surface area contributed by atoms with Crippen LogP contribution >= 0.6 is 0 Å². The quantitative estimate of drug-likeness (QED) is 0.931. The summed E-state index contributed by atoms with van der Waals surface area (Å²) in [6, 6.07) is 7.17. The van der Waals surface area contributed by atoms with Gasteiger partial charge in [0.25, 0.3) is 5.91 Å². The Morgan fingerprint density at radius 1 is 1.09 bits per heavy atom. The summed E-state index contributed by atoms with van der Waals surface area (Å²) in [5.74, 6) is 1.34. The number of pyridine rings is 1. The smallest absolute Gasteiger partial charge is 0.270 e. The van der Waals surface area contributed by atoms with E-state index in [1.165, 1.54) is 19.3 Å². The van der Waals surface area contributed by atoms with E-state index in [1.54, 1.807) is 30.6 Å². The van der Waals surface area contributed by atoms with Crippen molar-refractivity contribution in [1.82, 2.24) is 20.3 Å². The Balaban J connectivity index is 1.62. The number of aromatic nitrogens is 3. The Bertz CT molecular complexity index is 625. The van der Waals surface area contributed by atoms with Gasteiger partial charge in [-0.1, -0.05) is 6.07 Å². The fourth-order valence-corrected chi connectivity index (χ4v) is 2.52. The molecule has 0 spiro atoms. The van der Waals surface area contributed by atoms with Crippen molar-refractivity contribution in [2.24, 2.45) is 0 Å². The monoisotopic (exact) mass is 297 g/mol. The van der Waals surface area contributed by atoms with E-state index < -0.39 is 0 Å². The summed E-state index contributed by atoms with van der Waals surface area (Å²) >= 11 is 0. The molecule has 0 aliphatic carbocycles. The van der Waals surface area contributed by atoms with Crippen molar-refractivity contribution in [2.45, 2.75) is 25.8 Å². The van der Waals surface area contributed by atoms with E-state index in [2.05, 4.69) is 25.2 Å². The van der Waals surface area contributed by atoms with Crippen LogP contribution in [0.1, 0.15) is 35.6 Å². The summed E-state index contributed by atoms with van der Waals surface area (Å²) in [5.41, 5.74) is 0.398. The third-order valence-electron chi connectivity index (χ3n) is 3.68. The maximum absolute atomic E-state index is 12.0. The second kappa shape index (κ2) is 6.98. The first-order valence-electron chi connectivity index (χ1n) is 7.59. The number of carbonyl (C=O) groups is 1. The number of hydrogen-bond acceptors (Lipinski definition) is 5. The molecule has 1 aliphatic rings. The van der Waals surface area contributed by atoms with Crippen molar-refractivity contribution in [2.75, 3.05) is 18.0 Å². The number of nitrogens with one attached hydrogen (secondary N) is 1. The molecular formula is C16H19N5O. The summed E-state index contributed by atoms with van der Waals surface area (Å²) < 4.78 is 0. The molecule has 0 radical (unpaired) electrons. The standard InChI is InChI=1S/C16H19N5O/c22-16(13-6-2-3-8-17-13)19-12-14-18-9-7-15(20-14)21-10-4-1-5-11-21/h2-3,6-9H,1,4-5,10-12H2,(H,19,22). The van der Waals surface area contributed by atoms with Crippen molar-refractivity contribution in [3.63, 3.8) is 0 Å². The second-order valence-corrected chi connectivity index (χ2v) is 5.28. The first-order chi connectivity index (χ1) is 10.8. The van der Waals surface area contributed by atoms with E-state index in [4.69, 9.17) is 0 Å². The summed E-state index contributed by atoms with van der Waals surface area (Å²) in [4.78, 5) is 27.0. The zero-order valence-corrected chi connectivity index (χ0v) is 12.4. The molecule has 1 aliphatic heterocycles. The highest BCUT2D eigenvalue weighted by Gasteiger charge is 2.13. The van der Waals surface area contributed by atoms with E-state index >= 15 is 0 Å². The average molecular weight is 297 g/mol. The van der Waals surface area contributed by atoms with Gasteiger partial charge in [-0.2, -0.15) is 0 Å². The first-order valence-corrected chi connectivity index (χ1v) is 7.59. The number of piperidine rings is 1. The van der Waals surface area contributed by atoms with Gasteiger partial charge in [0.05, 0.1) is 6.54 Å². The SMILES string of the molecule is O=C(NCc1nccc(N2CCCCC2)n1)c1ccccn1. The van der Waals surface area contributed by atoms with Gasteiger partial charge < -0.3 is 10.2 Å². The first kappa shape index (κ1) is 14.4. The van der Waals surface area contributed by atoms with Crippen molar-refractivity contribution in [1.29, 1.82) is 0 Å². The Morgan fingerprint density at radius 2 is 1.95 bits per heavy atom.